The summed E-state index contributed by atoms with van der Waals surface area (Å²) >= 11 is 0. The summed E-state index contributed by atoms with van der Waals surface area (Å²) in [5.74, 6) is 0. The molecule has 78 valence electrons. The van der Waals surface area contributed by atoms with Gasteiger partial charge in [-0.15, -0.1) is 0 Å². The van der Waals surface area contributed by atoms with Crippen molar-refractivity contribution in [3.05, 3.63) is 0 Å². The lowest BCUT2D eigenvalue weighted by Gasteiger charge is -2.41. The second-order valence-corrected chi connectivity index (χ2v) is 6.13. The Labute approximate surface area is 83.3 Å². The Balaban J connectivity index is 2.26. The fraction of sp³-hybridized carbons (Fsp3) is 1.00. The van der Waals surface area contributed by atoms with Crippen LogP contribution in [-0.2, 0) is 0 Å². The van der Waals surface area contributed by atoms with E-state index in [2.05, 4.69) is 39.9 Å². The predicted molar refractivity (Wildman–Crippen MR) is 58.9 cm³/mol. The molecular formula is C12H25N. The third-order valence-corrected chi connectivity index (χ3v) is 3.69. The van der Waals surface area contributed by atoms with Gasteiger partial charge in [0.15, 0.2) is 0 Å². The van der Waals surface area contributed by atoms with Crippen LogP contribution in [-0.4, -0.2) is 12.6 Å². The first-order valence-electron chi connectivity index (χ1n) is 5.57. The monoisotopic (exact) mass is 183 g/mol. The Bertz CT molecular complexity index is 162. The highest BCUT2D eigenvalue weighted by molar-refractivity contribution is 4.87. The molecule has 1 aliphatic carbocycles. The molecule has 0 aromatic rings. The first-order valence-corrected chi connectivity index (χ1v) is 5.57. The van der Waals surface area contributed by atoms with E-state index in [1.165, 1.54) is 25.8 Å². The molecule has 0 spiro atoms. The molecular weight excluding hydrogens is 158 g/mol. The smallest absolute Gasteiger partial charge is 0.00874 e. The van der Waals surface area contributed by atoms with Crippen LogP contribution in [0.3, 0.4) is 0 Å². The number of hydrogen-bond acceptors (Lipinski definition) is 1. The van der Waals surface area contributed by atoms with E-state index in [9.17, 15) is 0 Å². The molecule has 0 saturated heterocycles. The quantitative estimate of drug-likeness (QED) is 0.708. The first kappa shape index (κ1) is 11.0. The Hall–Kier alpha value is -0.0400. The van der Waals surface area contributed by atoms with Crippen molar-refractivity contribution in [2.75, 3.05) is 6.54 Å². The first-order chi connectivity index (χ1) is 5.83. The minimum atomic E-state index is 0.389. The number of rotatable bonds is 3. The van der Waals surface area contributed by atoms with Gasteiger partial charge in [-0.3, -0.25) is 0 Å². The van der Waals surface area contributed by atoms with Crippen LogP contribution >= 0.6 is 0 Å². The largest absolute Gasteiger partial charge is 0.313 e. The maximum Gasteiger partial charge on any atom is 0.00874 e. The molecule has 0 radical (unpaired) electrons. The van der Waals surface area contributed by atoms with E-state index in [1.807, 2.05) is 0 Å². The van der Waals surface area contributed by atoms with Gasteiger partial charge in [0.1, 0.15) is 0 Å². The number of nitrogens with one attached hydrogen (secondary N) is 1. The van der Waals surface area contributed by atoms with Crippen LogP contribution in [0, 0.1) is 10.8 Å². The van der Waals surface area contributed by atoms with E-state index in [0.717, 1.165) is 0 Å². The van der Waals surface area contributed by atoms with E-state index >= 15 is 0 Å². The van der Waals surface area contributed by atoms with Crippen molar-refractivity contribution in [1.29, 1.82) is 0 Å². The molecule has 0 amide bonds. The van der Waals surface area contributed by atoms with Gasteiger partial charge in [-0.25, -0.2) is 0 Å². The zero-order valence-corrected chi connectivity index (χ0v) is 9.91. The van der Waals surface area contributed by atoms with Gasteiger partial charge in [0.25, 0.3) is 0 Å². The zero-order valence-electron chi connectivity index (χ0n) is 9.91. The molecule has 13 heavy (non-hydrogen) atoms. The van der Waals surface area contributed by atoms with Crippen LogP contribution in [0.2, 0.25) is 0 Å². The summed E-state index contributed by atoms with van der Waals surface area (Å²) in [7, 11) is 0. The van der Waals surface area contributed by atoms with Gasteiger partial charge < -0.3 is 5.32 Å². The van der Waals surface area contributed by atoms with Gasteiger partial charge in [-0.05, 0) is 30.6 Å². The van der Waals surface area contributed by atoms with Gasteiger partial charge in [0, 0.05) is 12.6 Å². The van der Waals surface area contributed by atoms with Crippen molar-refractivity contribution < 1.29 is 0 Å². The fourth-order valence-corrected chi connectivity index (χ4v) is 1.66. The van der Waals surface area contributed by atoms with Crippen LogP contribution in [0.1, 0.15) is 53.9 Å². The second-order valence-electron chi connectivity index (χ2n) is 6.13. The molecule has 1 atom stereocenters. The zero-order chi connectivity index (χ0) is 10.1. The standard InChI is InChI=1S/C12H25N/c1-10(11(2,3)4)13-9-12(5)7-6-8-12/h10,13H,6-9H2,1-5H3. The molecule has 1 unspecified atom stereocenters. The summed E-state index contributed by atoms with van der Waals surface area (Å²) in [4.78, 5) is 0. The summed E-state index contributed by atoms with van der Waals surface area (Å²) in [6.07, 6.45) is 4.26. The molecule has 1 aliphatic rings. The van der Waals surface area contributed by atoms with E-state index in [-0.39, 0.29) is 0 Å². The van der Waals surface area contributed by atoms with Gasteiger partial charge >= 0.3 is 0 Å². The minimum Gasteiger partial charge on any atom is -0.313 e. The Morgan fingerprint density at radius 2 is 1.85 bits per heavy atom. The molecule has 0 aromatic heterocycles. The molecule has 0 heterocycles. The SMILES string of the molecule is CC(NCC1(C)CCC1)C(C)(C)C. The summed E-state index contributed by atoms with van der Waals surface area (Å²) < 4.78 is 0. The van der Waals surface area contributed by atoms with Crippen LogP contribution in [0.25, 0.3) is 0 Å². The summed E-state index contributed by atoms with van der Waals surface area (Å²) in [6, 6.07) is 0.616. The minimum absolute atomic E-state index is 0.389. The van der Waals surface area contributed by atoms with Crippen molar-refractivity contribution in [3.63, 3.8) is 0 Å². The van der Waals surface area contributed by atoms with E-state index in [1.54, 1.807) is 0 Å². The van der Waals surface area contributed by atoms with E-state index in [4.69, 9.17) is 0 Å². The van der Waals surface area contributed by atoms with E-state index < -0.39 is 0 Å². The highest BCUT2D eigenvalue weighted by Gasteiger charge is 2.32. The van der Waals surface area contributed by atoms with Crippen LogP contribution in [0.5, 0.6) is 0 Å². The van der Waals surface area contributed by atoms with Crippen LogP contribution in [0.4, 0.5) is 0 Å². The highest BCUT2D eigenvalue weighted by atomic mass is 14.9. The van der Waals surface area contributed by atoms with Gasteiger partial charge in [0.2, 0.25) is 0 Å². The molecule has 0 aliphatic heterocycles. The number of hydrogen-bond donors (Lipinski definition) is 1. The Morgan fingerprint density at radius 1 is 1.31 bits per heavy atom. The average molecular weight is 183 g/mol. The molecule has 1 heteroatoms. The van der Waals surface area contributed by atoms with Gasteiger partial charge in [-0.1, -0.05) is 34.1 Å². The molecule has 1 N–H and O–H groups in total. The van der Waals surface area contributed by atoms with E-state index in [0.29, 0.717) is 16.9 Å². The topological polar surface area (TPSA) is 12.0 Å². The highest BCUT2D eigenvalue weighted by Crippen LogP contribution is 2.39. The molecule has 1 fully saturated rings. The maximum absolute atomic E-state index is 3.66. The lowest BCUT2D eigenvalue weighted by atomic mass is 9.70. The van der Waals surface area contributed by atoms with Gasteiger partial charge in [0.05, 0.1) is 0 Å². The Kier molecular flexibility index (Phi) is 3.06. The van der Waals surface area contributed by atoms with Crippen LogP contribution in [0.15, 0.2) is 0 Å². The molecule has 1 nitrogen and oxygen atoms in total. The third-order valence-electron chi connectivity index (χ3n) is 3.69. The van der Waals surface area contributed by atoms with Crippen molar-refractivity contribution >= 4 is 0 Å². The Morgan fingerprint density at radius 3 is 2.15 bits per heavy atom. The molecule has 1 saturated carbocycles. The maximum atomic E-state index is 3.66. The second kappa shape index (κ2) is 3.61. The summed E-state index contributed by atoms with van der Waals surface area (Å²) in [6.45, 7) is 12.8. The van der Waals surface area contributed by atoms with Crippen molar-refractivity contribution in [1.82, 2.24) is 5.32 Å². The molecule has 1 rings (SSSR count). The van der Waals surface area contributed by atoms with Crippen LogP contribution < -0.4 is 5.32 Å². The summed E-state index contributed by atoms with van der Waals surface area (Å²) in [5.41, 5.74) is 1.000. The molecule has 0 bridgehead atoms. The van der Waals surface area contributed by atoms with Gasteiger partial charge in [-0.2, -0.15) is 0 Å². The fourth-order valence-electron chi connectivity index (χ4n) is 1.66. The van der Waals surface area contributed by atoms with Crippen molar-refractivity contribution in [3.8, 4) is 0 Å². The molecule has 0 aromatic carbocycles. The normalized spacial score (nSPS) is 23.8. The van der Waals surface area contributed by atoms with Crippen molar-refractivity contribution in [2.45, 2.75) is 59.9 Å². The third kappa shape index (κ3) is 2.98. The lowest BCUT2D eigenvalue weighted by Crippen LogP contribution is -2.45. The van der Waals surface area contributed by atoms with Crippen molar-refractivity contribution in [2.24, 2.45) is 10.8 Å². The lowest BCUT2D eigenvalue weighted by molar-refractivity contribution is 0.138. The predicted octanol–water partition coefficient (Wildman–Crippen LogP) is 3.20. The average Bonchev–Trinajstić information content (AvgIpc) is 1.94. The summed E-state index contributed by atoms with van der Waals surface area (Å²) in [5, 5.41) is 3.66.